The molecule has 1 atom stereocenters. The number of rotatable bonds is 2. The van der Waals surface area contributed by atoms with Crippen LogP contribution in [0, 0.1) is 13.8 Å². The van der Waals surface area contributed by atoms with E-state index in [-0.39, 0.29) is 11.0 Å². The largest absolute Gasteiger partial charge is 0.463 e. The van der Waals surface area contributed by atoms with E-state index >= 15 is 0 Å². The van der Waals surface area contributed by atoms with E-state index in [1.54, 1.807) is 13.8 Å². The van der Waals surface area contributed by atoms with E-state index in [0.29, 0.717) is 11.4 Å². The molecule has 0 aliphatic carbocycles. The lowest BCUT2D eigenvalue weighted by Gasteiger charge is -2.17. The molecule has 0 N–H and O–H groups in total. The number of aromatic nitrogens is 2. The maximum absolute atomic E-state index is 12.2. The second-order valence-corrected chi connectivity index (χ2v) is 3.65. The Balaban J connectivity index is 2.94. The van der Waals surface area contributed by atoms with Gasteiger partial charge in [-0.15, -0.1) is 0 Å². The van der Waals surface area contributed by atoms with Gasteiger partial charge in [-0.1, -0.05) is 11.6 Å². The molecule has 1 unspecified atom stereocenters. The third kappa shape index (κ3) is 2.98. The van der Waals surface area contributed by atoms with Crippen molar-refractivity contribution >= 4 is 11.6 Å². The van der Waals surface area contributed by atoms with Gasteiger partial charge in [-0.05, 0) is 20.8 Å². The highest BCUT2D eigenvalue weighted by atomic mass is 35.5. The van der Waals surface area contributed by atoms with Crippen LogP contribution in [-0.2, 0) is 0 Å². The predicted molar refractivity (Wildman–Crippen MR) is 52.7 cm³/mol. The fourth-order valence-electron chi connectivity index (χ4n) is 0.865. The Hall–Kier alpha value is -1.04. The molecule has 90 valence electrons. The number of halogens is 4. The number of alkyl halides is 3. The second-order valence-electron chi connectivity index (χ2n) is 3.29. The lowest BCUT2D eigenvalue weighted by Crippen LogP contribution is -2.31. The molecule has 1 aromatic heterocycles. The molecule has 0 spiro atoms. The quantitative estimate of drug-likeness (QED) is 0.814. The van der Waals surface area contributed by atoms with Gasteiger partial charge in [0.25, 0.3) is 5.88 Å². The molecule has 0 radical (unpaired) electrons. The summed E-state index contributed by atoms with van der Waals surface area (Å²) >= 11 is 5.63. The molecule has 3 nitrogen and oxygen atoms in total. The minimum atomic E-state index is -4.45. The zero-order valence-corrected chi connectivity index (χ0v) is 9.65. The van der Waals surface area contributed by atoms with Crippen molar-refractivity contribution in [3.05, 3.63) is 16.5 Å². The molecular formula is C9H10ClF3N2O. The van der Waals surface area contributed by atoms with Gasteiger partial charge in [0.05, 0.1) is 11.4 Å². The summed E-state index contributed by atoms with van der Waals surface area (Å²) in [5, 5.41) is -0.167. The fourth-order valence-corrected chi connectivity index (χ4v) is 1.08. The summed E-state index contributed by atoms with van der Waals surface area (Å²) in [6.07, 6.45) is -6.43. The van der Waals surface area contributed by atoms with Crippen LogP contribution >= 0.6 is 11.6 Å². The zero-order chi connectivity index (χ0) is 12.5. The lowest BCUT2D eigenvalue weighted by molar-refractivity contribution is -0.190. The Kier molecular flexibility index (Phi) is 3.62. The first-order valence-corrected chi connectivity index (χ1v) is 4.83. The van der Waals surface area contributed by atoms with E-state index in [0.717, 1.165) is 6.92 Å². The summed E-state index contributed by atoms with van der Waals surface area (Å²) < 4.78 is 41.3. The fraction of sp³-hybridized carbons (Fsp3) is 0.556. The van der Waals surface area contributed by atoms with E-state index in [4.69, 9.17) is 11.6 Å². The number of hydrogen-bond acceptors (Lipinski definition) is 3. The highest BCUT2D eigenvalue weighted by Crippen LogP contribution is 2.27. The Labute approximate surface area is 95.6 Å². The Morgan fingerprint density at radius 1 is 1.19 bits per heavy atom. The average molecular weight is 255 g/mol. The van der Waals surface area contributed by atoms with Gasteiger partial charge in [0.1, 0.15) is 0 Å². The van der Waals surface area contributed by atoms with E-state index in [1.165, 1.54) is 0 Å². The summed E-state index contributed by atoms with van der Waals surface area (Å²) in [4.78, 5) is 7.63. The molecule has 0 saturated heterocycles. The van der Waals surface area contributed by atoms with Crippen LogP contribution in [0.5, 0.6) is 5.88 Å². The van der Waals surface area contributed by atoms with Crippen LogP contribution in [0.1, 0.15) is 18.3 Å². The molecule has 0 fully saturated rings. The topological polar surface area (TPSA) is 35.0 Å². The van der Waals surface area contributed by atoms with Gasteiger partial charge in [0.2, 0.25) is 0 Å². The van der Waals surface area contributed by atoms with E-state index in [9.17, 15) is 13.2 Å². The van der Waals surface area contributed by atoms with Gasteiger partial charge in [-0.3, -0.25) is 0 Å². The first kappa shape index (κ1) is 13.0. The van der Waals surface area contributed by atoms with Crippen LogP contribution in [0.3, 0.4) is 0 Å². The highest BCUT2D eigenvalue weighted by molar-refractivity contribution is 6.30. The van der Waals surface area contributed by atoms with E-state index in [2.05, 4.69) is 14.7 Å². The minimum absolute atomic E-state index is 0.167. The molecule has 16 heavy (non-hydrogen) atoms. The van der Waals surface area contributed by atoms with Crippen LogP contribution in [0.2, 0.25) is 5.15 Å². The molecule has 0 saturated carbocycles. The summed E-state index contributed by atoms with van der Waals surface area (Å²) in [5.74, 6) is -0.297. The summed E-state index contributed by atoms with van der Waals surface area (Å²) in [7, 11) is 0. The molecule has 1 rings (SSSR count). The summed E-state index contributed by atoms with van der Waals surface area (Å²) in [5.41, 5.74) is 1.03. The maximum atomic E-state index is 12.2. The van der Waals surface area contributed by atoms with Gasteiger partial charge in [-0.25, -0.2) is 9.97 Å². The van der Waals surface area contributed by atoms with Gasteiger partial charge in [0, 0.05) is 0 Å². The molecular weight excluding hydrogens is 245 g/mol. The van der Waals surface area contributed by atoms with Crippen molar-refractivity contribution in [1.82, 2.24) is 9.97 Å². The summed E-state index contributed by atoms with van der Waals surface area (Å²) in [6.45, 7) is 4.15. The Bertz CT molecular complexity index is 395. The van der Waals surface area contributed by atoms with Crippen molar-refractivity contribution in [3.8, 4) is 5.88 Å². The molecule has 7 heteroatoms. The van der Waals surface area contributed by atoms with Crippen LogP contribution in [0.25, 0.3) is 0 Å². The van der Waals surface area contributed by atoms with Gasteiger partial charge in [-0.2, -0.15) is 13.2 Å². The van der Waals surface area contributed by atoms with Gasteiger partial charge < -0.3 is 4.74 Å². The monoisotopic (exact) mass is 254 g/mol. The van der Waals surface area contributed by atoms with Gasteiger partial charge in [0.15, 0.2) is 11.3 Å². The lowest BCUT2D eigenvalue weighted by atomic mass is 10.3. The van der Waals surface area contributed by atoms with Crippen molar-refractivity contribution in [2.24, 2.45) is 0 Å². The van der Waals surface area contributed by atoms with Crippen molar-refractivity contribution in [1.29, 1.82) is 0 Å². The second kappa shape index (κ2) is 4.45. The average Bonchev–Trinajstić information content (AvgIpc) is 2.12. The first-order valence-electron chi connectivity index (χ1n) is 4.46. The standard InChI is InChI=1S/C9H10ClF3N2O/c1-4-5(2)15-8(7(10)14-4)16-6(3)9(11,12)13/h6H,1-3H3. The highest BCUT2D eigenvalue weighted by Gasteiger charge is 2.38. The third-order valence-electron chi connectivity index (χ3n) is 1.98. The molecule has 0 amide bonds. The number of ether oxygens (including phenoxy) is 1. The van der Waals surface area contributed by atoms with Crippen molar-refractivity contribution in [2.75, 3.05) is 0 Å². The first-order chi connectivity index (χ1) is 7.21. The normalized spacial score (nSPS) is 13.7. The van der Waals surface area contributed by atoms with Crippen molar-refractivity contribution < 1.29 is 17.9 Å². The molecule has 0 aromatic carbocycles. The predicted octanol–water partition coefficient (Wildman–Crippen LogP) is 3.08. The SMILES string of the molecule is Cc1nc(Cl)c(OC(C)C(F)(F)F)nc1C. The molecule has 0 aliphatic heterocycles. The number of aryl methyl sites for hydroxylation is 2. The van der Waals surface area contributed by atoms with Crippen molar-refractivity contribution in [3.63, 3.8) is 0 Å². The molecule has 1 heterocycles. The zero-order valence-electron chi connectivity index (χ0n) is 8.89. The number of nitrogens with zero attached hydrogens (tertiary/aromatic N) is 2. The smallest absolute Gasteiger partial charge is 0.425 e. The van der Waals surface area contributed by atoms with Gasteiger partial charge >= 0.3 is 6.18 Å². The third-order valence-corrected chi connectivity index (χ3v) is 2.23. The van der Waals surface area contributed by atoms with Crippen molar-refractivity contribution in [2.45, 2.75) is 33.1 Å². The van der Waals surface area contributed by atoms with Crippen LogP contribution in [-0.4, -0.2) is 22.2 Å². The number of hydrogen-bond donors (Lipinski definition) is 0. The Morgan fingerprint density at radius 2 is 1.69 bits per heavy atom. The summed E-state index contributed by atoms with van der Waals surface area (Å²) in [6, 6.07) is 0. The van der Waals surface area contributed by atoms with Crippen LogP contribution in [0.15, 0.2) is 0 Å². The Morgan fingerprint density at radius 3 is 2.19 bits per heavy atom. The molecule has 0 bridgehead atoms. The molecule has 0 aliphatic rings. The van der Waals surface area contributed by atoms with E-state index in [1.807, 2.05) is 0 Å². The van der Waals surface area contributed by atoms with Crippen LogP contribution < -0.4 is 4.74 Å². The molecule has 1 aromatic rings. The maximum Gasteiger partial charge on any atom is 0.425 e. The minimum Gasteiger partial charge on any atom is -0.463 e. The van der Waals surface area contributed by atoms with Crippen LogP contribution in [0.4, 0.5) is 13.2 Å². The van der Waals surface area contributed by atoms with E-state index < -0.39 is 12.3 Å².